The van der Waals surface area contributed by atoms with Crippen molar-refractivity contribution in [1.82, 2.24) is 15.3 Å². The largest absolute Gasteiger partial charge is 0.497 e. The van der Waals surface area contributed by atoms with Crippen molar-refractivity contribution < 1.29 is 9.53 Å². The van der Waals surface area contributed by atoms with Gasteiger partial charge in [0.2, 0.25) is 0 Å². The molecule has 0 aliphatic carbocycles. The van der Waals surface area contributed by atoms with E-state index in [1.165, 1.54) is 0 Å². The molecule has 0 bridgehead atoms. The fourth-order valence-electron chi connectivity index (χ4n) is 3.06. The van der Waals surface area contributed by atoms with Gasteiger partial charge in [0, 0.05) is 6.54 Å². The number of imidazole rings is 1. The molecule has 5 heteroatoms. The lowest BCUT2D eigenvalue weighted by atomic mass is 10.1. The minimum absolute atomic E-state index is 0.191. The van der Waals surface area contributed by atoms with Gasteiger partial charge in [0.1, 0.15) is 11.6 Å². The molecule has 3 aromatic carbocycles. The van der Waals surface area contributed by atoms with Gasteiger partial charge >= 0.3 is 0 Å². The van der Waals surface area contributed by atoms with Crippen LogP contribution in [0.3, 0.4) is 0 Å². The maximum Gasteiger partial charge on any atom is 0.255 e. The maximum atomic E-state index is 13.1. The summed E-state index contributed by atoms with van der Waals surface area (Å²) in [5.74, 6) is 1.11. The standard InChI is InChI=1S/C24H21N3O2/c1-29-19-13-11-17(12-14-19)15-20(23-26-21-9-5-6-10-22(21)27-23)24(28)25-16-18-7-3-2-4-8-18/h2-15H,16H2,1H3,(H,25,28)(H,26,27)/b20-15+. The summed E-state index contributed by atoms with van der Waals surface area (Å²) < 4.78 is 5.22. The smallest absolute Gasteiger partial charge is 0.255 e. The van der Waals surface area contributed by atoms with Crippen LogP contribution in [0.5, 0.6) is 5.75 Å². The number of hydrogen-bond donors (Lipinski definition) is 2. The molecule has 1 heterocycles. The van der Waals surface area contributed by atoms with Crippen molar-refractivity contribution in [2.75, 3.05) is 7.11 Å². The molecule has 4 aromatic rings. The highest BCUT2D eigenvalue weighted by molar-refractivity contribution is 6.23. The summed E-state index contributed by atoms with van der Waals surface area (Å²) in [5.41, 5.74) is 4.10. The molecule has 0 saturated carbocycles. The molecule has 1 amide bonds. The summed E-state index contributed by atoms with van der Waals surface area (Å²) >= 11 is 0. The molecule has 29 heavy (non-hydrogen) atoms. The summed E-state index contributed by atoms with van der Waals surface area (Å²) in [7, 11) is 1.63. The molecule has 0 fully saturated rings. The third-order valence-corrected chi connectivity index (χ3v) is 4.61. The zero-order chi connectivity index (χ0) is 20.1. The lowest BCUT2D eigenvalue weighted by Gasteiger charge is -2.08. The number of methoxy groups -OCH3 is 1. The molecule has 0 spiro atoms. The first-order chi connectivity index (χ1) is 14.2. The van der Waals surface area contributed by atoms with Crippen molar-refractivity contribution in [2.45, 2.75) is 6.54 Å². The summed E-state index contributed by atoms with van der Waals surface area (Å²) in [4.78, 5) is 20.9. The second-order valence-corrected chi connectivity index (χ2v) is 6.60. The Morgan fingerprint density at radius 2 is 1.72 bits per heavy atom. The summed E-state index contributed by atoms with van der Waals surface area (Å²) in [5, 5.41) is 2.99. The normalized spacial score (nSPS) is 11.4. The molecule has 0 atom stereocenters. The van der Waals surface area contributed by atoms with Gasteiger partial charge in [-0.2, -0.15) is 0 Å². The minimum atomic E-state index is -0.191. The Morgan fingerprint density at radius 3 is 2.45 bits per heavy atom. The molecular weight excluding hydrogens is 362 g/mol. The van der Waals surface area contributed by atoms with Gasteiger partial charge in [0.25, 0.3) is 5.91 Å². The lowest BCUT2D eigenvalue weighted by molar-refractivity contribution is -0.115. The zero-order valence-corrected chi connectivity index (χ0v) is 16.1. The van der Waals surface area contributed by atoms with Crippen LogP contribution < -0.4 is 10.1 Å². The summed E-state index contributed by atoms with van der Waals surface area (Å²) in [6.45, 7) is 0.444. The molecule has 1 aromatic heterocycles. The van der Waals surface area contributed by atoms with Gasteiger partial charge in [-0.15, -0.1) is 0 Å². The van der Waals surface area contributed by atoms with Crippen LogP contribution in [0.2, 0.25) is 0 Å². The molecule has 4 rings (SSSR count). The van der Waals surface area contributed by atoms with Crippen molar-refractivity contribution in [1.29, 1.82) is 0 Å². The number of hydrogen-bond acceptors (Lipinski definition) is 3. The van der Waals surface area contributed by atoms with E-state index in [4.69, 9.17) is 4.74 Å². The Labute approximate surface area is 169 Å². The number of amides is 1. The number of rotatable bonds is 6. The number of aromatic amines is 1. The van der Waals surface area contributed by atoms with Crippen LogP contribution in [-0.2, 0) is 11.3 Å². The van der Waals surface area contributed by atoms with Crippen molar-refractivity contribution in [3.8, 4) is 5.75 Å². The molecule has 0 radical (unpaired) electrons. The van der Waals surface area contributed by atoms with Crippen LogP contribution in [0, 0.1) is 0 Å². The van der Waals surface area contributed by atoms with Crippen LogP contribution in [-0.4, -0.2) is 23.0 Å². The molecule has 0 aliphatic rings. The number of carbonyl (C=O) groups is 1. The Hall–Kier alpha value is -3.86. The molecule has 5 nitrogen and oxygen atoms in total. The topological polar surface area (TPSA) is 67.0 Å². The second-order valence-electron chi connectivity index (χ2n) is 6.60. The van der Waals surface area contributed by atoms with Gasteiger partial charge in [-0.25, -0.2) is 4.98 Å². The molecule has 0 saturated heterocycles. The Kier molecular flexibility index (Phi) is 5.38. The van der Waals surface area contributed by atoms with E-state index >= 15 is 0 Å². The minimum Gasteiger partial charge on any atom is -0.497 e. The van der Waals surface area contributed by atoms with Crippen LogP contribution in [0.1, 0.15) is 17.0 Å². The Balaban J connectivity index is 1.67. The number of H-pyrrole nitrogens is 1. The Bertz CT molecular complexity index is 1110. The first-order valence-corrected chi connectivity index (χ1v) is 9.36. The van der Waals surface area contributed by atoms with Gasteiger partial charge in [-0.3, -0.25) is 4.79 Å². The third-order valence-electron chi connectivity index (χ3n) is 4.61. The van der Waals surface area contributed by atoms with Crippen molar-refractivity contribution in [3.05, 3.63) is 95.8 Å². The molecule has 0 aliphatic heterocycles. The van der Waals surface area contributed by atoms with Crippen LogP contribution in [0.25, 0.3) is 22.7 Å². The predicted molar refractivity (Wildman–Crippen MR) is 115 cm³/mol. The number of fused-ring (bicyclic) bond motifs is 1. The maximum absolute atomic E-state index is 13.1. The van der Waals surface area contributed by atoms with E-state index in [0.29, 0.717) is 17.9 Å². The highest BCUT2D eigenvalue weighted by Crippen LogP contribution is 2.21. The highest BCUT2D eigenvalue weighted by Gasteiger charge is 2.16. The van der Waals surface area contributed by atoms with E-state index in [-0.39, 0.29) is 5.91 Å². The van der Waals surface area contributed by atoms with Crippen molar-refractivity contribution in [2.24, 2.45) is 0 Å². The quantitative estimate of drug-likeness (QED) is 0.484. The number of aromatic nitrogens is 2. The average molecular weight is 383 g/mol. The van der Waals surface area contributed by atoms with Gasteiger partial charge in [-0.05, 0) is 41.5 Å². The van der Waals surface area contributed by atoms with Gasteiger partial charge in [-0.1, -0.05) is 54.6 Å². The number of carbonyl (C=O) groups excluding carboxylic acids is 1. The second kappa shape index (κ2) is 8.44. The summed E-state index contributed by atoms with van der Waals surface area (Å²) in [6, 6.07) is 25.1. The van der Waals surface area contributed by atoms with Gasteiger partial charge in [0.05, 0.1) is 23.7 Å². The number of nitrogens with zero attached hydrogens (tertiary/aromatic N) is 1. The van der Waals surface area contributed by atoms with E-state index < -0.39 is 0 Å². The van der Waals surface area contributed by atoms with Crippen molar-refractivity contribution in [3.63, 3.8) is 0 Å². The van der Waals surface area contributed by atoms with E-state index in [2.05, 4.69) is 15.3 Å². The van der Waals surface area contributed by atoms with Crippen LogP contribution in [0.4, 0.5) is 0 Å². The highest BCUT2D eigenvalue weighted by atomic mass is 16.5. The molecule has 144 valence electrons. The fraction of sp³-hybridized carbons (Fsp3) is 0.0833. The van der Waals surface area contributed by atoms with Crippen LogP contribution >= 0.6 is 0 Å². The monoisotopic (exact) mass is 383 g/mol. The molecular formula is C24H21N3O2. The zero-order valence-electron chi connectivity index (χ0n) is 16.1. The van der Waals surface area contributed by atoms with E-state index in [0.717, 1.165) is 27.9 Å². The number of benzene rings is 3. The lowest BCUT2D eigenvalue weighted by Crippen LogP contribution is -2.24. The number of para-hydroxylation sites is 2. The number of ether oxygens (including phenoxy) is 1. The van der Waals surface area contributed by atoms with Gasteiger partial charge < -0.3 is 15.0 Å². The average Bonchev–Trinajstić information content (AvgIpc) is 3.21. The Morgan fingerprint density at radius 1 is 1.00 bits per heavy atom. The van der Waals surface area contributed by atoms with E-state index in [1.807, 2.05) is 84.9 Å². The SMILES string of the molecule is COc1ccc(/C=C(/C(=O)NCc2ccccc2)c2nc3ccccc3[nH]2)cc1. The predicted octanol–water partition coefficient (Wildman–Crippen LogP) is 4.43. The van der Waals surface area contributed by atoms with E-state index in [1.54, 1.807) is 7.11 Å². The molecule has 0 unspecified atom stereocenters. The number of nitrogens with one attached hydrogen (secondary N) is 2. The van der Waals surface area contributed by atoms with Crippen LogP contribution in [0.15, 0.2) is 78.9 Å². The van der Waals surface area contributed by atoms with Crippen molar-refractivity contribution >= 4 is 28.6 Å². The van der Waals surface area contributed by atoms with Gasteiger partial charge in [0.15, 0.2) is 0 Å². The fourth-order valence-corrected chi connectivity index (χ4v) is 3.06. The summed E-state index contributed by atoms with van der Waals surface area (Å²) in [6.07, 6.45) is 1.83. The molecule has 2 N–H and O–H groups in total. The van der Waals surface area contributed by atoms with E-state index in [9.17, 15) is 4.79 Å². The first kappa shape index (κ1) is 18.5. The first-order valence-electron chi connectivity index (χ1n) is 9.36. The third kappa shape index (κ3) is 4.35.